The SMILES string of the molecule is COC(=O)[C@@H]1[C@H](C(=O)OC)N2C(=O)OC[C@@H](c3ccccc3)N2[C@H]1c1ccccn1. The summed E-state index contributed by atoms with van der Waals surface area (Å²) in [6.45, 7) is 0.0600. The van der Waals surface area contributed by atoms with Crippen LogP contribution in [0.3, 0.4) is 0 Å². The maximum atomic E-state index is 12.9. The molecule has 9 heteroatoms. The number of methoxy groups -OCH3 is 2. The number of hydrogen-bond donors (Lipinski definition) is 0. The predicted molar refractivity (Wildman–Crippen MR) is 102 cm³/mol. The molecule has 2 saturated heterocycles. The molecule has 0 N–H and O–H groups in total. The molecule has 0 radical (unpaired) electrons. The first-order valence-corrected chi connectivity index (χ1v) is 9.44. The van der Waals surface area contributed by atoms with E-state index < -0.39 is 42.1 Å². The summed E-state index contributed by atoms with van der Waals surface area (Å²) in [4.78, 5) is 42.8. The van der Waals surface area contributed by atoms with Gasteiger partial charge in [-0.15, -0.1) is 0 Å². The third-order valence-electron chi connectivity index (χ3n) is 5.44. The Bertz CT molecular complexity index is 938. The van der Waals surface area contributed by atoms with E-state index in [1.165, 1.54) is 19.2 Å². The number of aromatic nitrogens is 1. The van der Waals surface area contributed by atoms with Crippen molar-refractivity contribution < 1.29 is 28.6 Å². The van der Waals surface area contributed by atoms with Crippen molar-refractivity contribution in [3.05, 3.63) is 66.0 Å². The first kappa shape index (κ1) is 19.8. The summed E-state index contributed by atoms with van der Waals surface area (Å²) in [5.41, 5.74) is 1.39. The molecule has 2 fully saturated rings. The fourth-order valence-corrected chi connectivity index (χ4v) is 4.17. The Morgan fingerprint density at radius 2 is 1.73 bits per heavy atom. The number of ether oxygens (including phenoxy) is 3. The Balaban J connectivity index is 1.91. The van der Waals surface area contributed by atoms with E-state index in [1.807, 2.05) is 30.3 Å². The number of hydrazine groups is 1. The van der Waals surface area contributed by atoms with Crippen LogP contribution in [0.2, 0.25) is 0 Å². The molecule has 1 aromatic heterocycles. The minimum atomic E-state index is -1.24. The topological polar surface area (TPSA) is 98.3 Å². The maximum absolute atomic E-state index is 12.9. The van der Waals surface area contributed by atoms with Crippen LogP contribution in [0.4, 0.5) is 4.79 Å². The smallest absolute Gasteiger partial charge is 0.425 e. The van der Waals surface area contributed by atoms with Gasteiger partial charge in [-0.05, 0) is 17.7 Å². The van der Waals surface area contributed by atoms with Gasteiger partial charge in [-0.3, -0.25) is 9.78 Å². The number of esters is 2. The second kappa shape index (κ2) is 8.11. The number of pyridine rings is 1. The average molecular weight is 411 g/mol. The van der Waals surface area contributed by atoms with Crippen molar-refractivity contribution >= 4 is 18.0 Å². The summed E-state index contributed by atoms with van der Waals surface area (Å²) >= 11 is 0. The zero-order valence-corrected chi connectivity index (χ0v) is 16.5. The molecule has 4 atom stereocenters. The number of carbonyl (C=O) groups is 3. The minimum Gasteiger partial charge on any atom is -0.469 e. The highest BCUT2D eigenvalue weighted by Crippen LogP contribution is 2.48. The quantitative estimate of drug-likeness (QED) is 0.556. The van der Waals surface area contributed by atoms with E-state index in [0.29, 0.717) is 5.69 Å². The lowest BCUT2D eigenvalue weighted by Crippen LogP contribution is -2.55. The van der Waals surface area contributed by atoms with E-state index in [0.717, 1.165) is 5.56 Å². The Morgan fingerprint density at radius 1 is 1.03 bits per heavy atom. The number of rotatable bonds is 4. The molecule has 0 unspecified atom stereocenters. The molecule has 30 heavy (non-hydrogen) atoms. The number of nitrogens with zero attached hydrogens (tertiary/aromatic N) is 3. The van der Waals surface area contributed by atoms with Crippen molar-refractivity contribution in [2.24, 2.45) is 5.92 Å². The molecular weight excluding hydrogens is 390 g/mol. The molecule has 2 aromatic rings. The van der Waals surface area contributed by atoms with Crippen LogP contribution >= 0.6 is 0 Å². The minimum absolute atomic E-state index is 0.0600. The number of fused-ring (bicyclic) bond motifs is 1. The highest BCUT2D eigenvalue weighted by molar-refractivity contribution is 5.89. The maximum Gasteiger partial charge on any atom is 0.425 e. The van der Waals surface area contributed by atoms with Crippen molar-refractivity contribution in [1.29, 1.82) is 0 Å². The molecule has 2 aliphatic heterocycles. The molecule has 9 nitrogen and oxygen atoms in total. The van der Waals surface area contributed by atoms with Gasteiger partial charge >= 0.3 is 18.0 Å². The Labute approximate surface area is 173 Å². The summed E-state index contributed by atoms with van der Waals surface area (Å²) in [5, 5.41) is 2.88. The zero-order valence-electron chi connectivity index (χ0n) is 16.5. The first-order valence-electron chi connectivity index (χ1n) is 9.44. The molecule has 156 valence electrons. The van der Waals surface area contributed by atoms with E-state index in [4.69, 9.17) is 14.2 Å². The van der Waals surface area contributed by atoms with Crippen LogP contribution in [0.5, 0.6) is 0 Å². The van der Waals surface area contributed by atoms with Crippen molar-refractivity contribution in [3.63, 3.8) is 0 Å². The summed E-state index contributed by atoms with van der Waals surface area (Å²) in [6, 6.07) is 12.3. The highest BCUT2D eigenvalue weighted by atomic mass is 16.6. The van der Waals surface area contributed by atoms with Gasteiger partial charge in [0.05, 0.1) is 32.0 Å². The van der Waals surface area contributed by atoms with E-state index >= 15 is 0 Å². The molecule has 0 bridgehead atoms. The molecule has 1 amide bonds. The van der Waals surface area contributed by atoms with Crippen LogP contribution in [0.25, 0.3) is 0 Å². The lowest BCUT2D eigenvalue weighted by Gasteiger charge is -2.42. The Hall–Kier alpha value is -3.46. The largest absolute Gasteiger partial charge is 0.469 e. The van der Waals surface area contributed by atoms with Crippen LogP contribution in [0.1, 0.15) is 23.3 Å². The number of benzene rings is 1. The normalized spacial score (nSPS) is 25.9. The molecule has 0 aliphatic carbocycles. The highest BCUT2D eigenvalue weighted by Gasteiger charge is 2.62. The fourth-order valence-electron chi connectivity index (χ4n) is 4.17. The van der Waals surface area contributed by atoms with Crippen LogP contribution in [-0.2, 0) is 23.8 Å². The van der Waals surface area contributed by atoms with Crippen molar-refractivity contribution in [2.75, 3.05) is 20.8 Å². The molecule has 3 heterocycles. The third kappa shape index (κ3) is 3.17. The van der Waals surface area contributed by atoms with Crippen LogP contribution < -0.4 is 0 Å². The Kier molecular flexibility index (Phi) is 5.37. The van der Waals surface area contributed by atoms with E-state index in [1.54, 1.807) is 29.4 Å². The molecule has 0 saturated carbocycles. The molecule has 4 rings (SSSR count). The number of cyclic esters (lactones) is 1. The number of carbonyl (C=O) groups excluding carboxylic acids is 3. The van der Waals surface area contributed by atoms with Gasteiger partial charge < -0.3 is 14.2 Å². The van der Waals surface area contributed by atoms with Crippen molar-refractivity contribution in [2.45, 2.75) is 18.1 Å². The van der Waals surface area contributed by atoms with Crippen LogP contribution in [0, 0.1) is 5.92 Å². The number of hydrogen-bond acceptors (Lipinski definition) is 8. The third-order valence-corrected chi connectivity index (χ3v) is 5.44. The van der Waals surface area contributed by atoms with Crippen molar-refractivity contribution in [3.8, 4) is 0 Å². The second-order valence-corrected chi connectivity index (χ2v) is 6.94. The Morgan fingerprint density at radius 3 is 2.37 bits per heavy atom. The lowest BCUT2D eigenvalue weighted by atomic mass is 9.90. The summed E-state index contributed by atoms with van der Waals surface area (Å²) in [6.07, 6.45) is 0.865. The van der Waals surface area contributed by atoms with E-state index in [9.17, 15) is 14.4 Å². The van der Waals surface area contributed by atoms with Gasteiger partial charge in [0.15, 0.2) is 6.04 Å². The van der Waals surface area contributed by atoms with Gasteiger partial charge in [-0.25, -0.2) is 14.6 Å². The molecule has 0 spiro atoms. The number of amides is 1. The van der Waals surface area contributed by atoms with Gasteiger partial charge in [0.25, 0.3) is 0 Å². The first-order chi connectivity index (χ1) is 14.6. The van der Waals surface area contributed by atoms with Gasteiger partial charge in [0, 0.05) is 6.20 Å². The van der Waals surface area contributed by atoms with Gasteiger partial charge in [-0.2, -0.15) is 5.01 Å². The second-order valence-electron chi connectivity index (χ2n) is 6.94. The molecule has 1 aromatic carbocycles. The van der Waals surface area contributed by atoms with Crippen LogP contribution in [-0.4, -0.2) is 59.9 Å². The molecule has 2 aliphatic rings. The van der Waals surface area contributed by atoms with E-state index in [2.05, 4.69) is 4.98 Å². The standard InChI is InChI=1S/C21H21N3O6/c1-28-19(25)16-17(14-10-6-7-11-22-14)23-15(13-8-4-3-5-9-13)12-30-21(27)24(23)18(16)20(26)29-2/h3-11,15-18H,12H2,1-2H3/t15-,16-,17-,18+/m0/s1. The van der Waals surface area contributed by atoms with Gasteiger partial charge in [-0.1, -0.05) is 36.4 Å². The van der Waals surface area contributed by atoms with Gasteiger partial charge in [0.2, 0.25) is 0 Å². The van der Waals surface area contributed by atoms with E-state index in [-0.39, 0.29) is 6.61 Å². The summed E-state index contributed by atoms with van der Waals surface area (Å²) in [5.74, 6) is -2.43. The lowest BCUT2D eigenvalue weighted by molar-refractivity contribution is -0.159. The zero-order chi connectivity index (χ0) is 21.3. The predicted octanol–water partition coefficient (Wildman–Crippen LogP) is 1.88. The van der Waals surface area contributed by atoms with Gasteiger partial charge in [0.1, 0.15) is 12.5 Å². The van der Waals surface area contributed by atoms with Crippen LogP contribution in [0.15, 0.2) is 54.7 Å². The molecular formula is C21H21N3O6. The monoisotopic (exact) mass is 411 g/mol. The average Bonchev–Trinajstić information content (AvgIpc) is 3.16. The fraction of sp³-hybridized carbons (Fsp3) is 0.333. The summed E-state index contributed by atoms with van der Waals surface area (Å²) < 4.78 is 15.3. The van der Waals surface area contributed by atoms with Crippen molar-refractivity contribution in [1.82, 2.24) is 15.0 Å². The summed E-state index contributed by atoms with van der Waals surface area (Å²) in [7, 11) is 2.45.